The van der Waals surface area contributed by atoms with Gasteiger partial charge in [-0.25, -0.2) is 0 Å². The number of rotatable bonds is 16. The van der Waals surface area contributed by atoms with E-state index < -0.39 is 0 Å². The summed E-state index contributed by atoms with van der Waals surface area (Å²) >= 11 is 0. The van der Waals surface area contributed by atoms with Gasteiger partial charge in [0.25, 0.3) is 0 Å². The molecule has 1 saturated carbocycles. The molecule has 2 aliphatic rings. The molecule has 3 rings (SSSR count). The minimum Gasteiger partial charge on any atom is -0.494 e. The molecule has 0 heterocycles. The third-order valence-corrected chi connectivity index (χ3v) is 8.70. The van der Waals surface area contributed by atoms with Crippen molar-refractivity contribution in [3.8, 4) is 5.75 Å². The first-order chi connectivity index (χ1) is 16.8. The average Bonchev–Trinajstić information content (AvgIpc) is 2.88. The number of unbranched alkanes of at least 4 members (excludes halogenated alkanes) is 5. The van der Waals surface area contributed by atoms with Crippen LogP contribution in [-0.4, -0.2) is 6.61 Å². The van der Waals surface area contributed by atoms with Gasteiger partial charge >= 0.3 is 0 Å². The maximum absolute atomic E-state index is 5.89. The molecule has 0 amide bonds. The van der Waals surface area contributed by atoms with E-state index in [0.717, 1.165) is 30.1 Å². The van der Waals surface area contributed by atoms with Gasteiger partial charge in [-0.1, -0.05) is 115 Å². The van der Waals surface area contributed by atoms with Crippen LogP contribution in [0, 0.1) is 17.8 Å². The molecular formula is C33H54O. The molecule has 34 heavy (non-hydrogen) atoms. The smallest absolute Gasteiger partial charge is 0.119 e. The Morgan fingerprint density at radius 3 is 2.03 bits per heavy atom. The van der Waals surface area contributed by atoms with Crippen LogP contribution in [-0.2, 0) is 6.42 Å². The van der Waals surface area contributed by atoms with E-state index >= 15 is 0 Å². The first-order valence-corrected chi connectivity index (χ1v) is 15.2. The molecule has 0 saturated heterocycles. The minimum absolute atomic E-state index is 0.855. The van der Waals surface area contributed by atoms with Crippen LogP contribution in [0.4, 0.5) is 0 Å². The van der Waals surface area contributed by atoms with Gasteiger partial charge in [-0.2, -0.15) is 0 Å². The van der Waals surface area contributed by atoms with Crippen LogP contribution in [0.2, 0.25) is 0 Å². The van der Waals surface area contributed by atoms with Gasteiger partial charge in [0.15, 0.2) is 0 Å². The summed E-state index contributed by atoms with van der Waals surface area (Å²) in [6.45, 7) is 5.43. The number of ether oxygens (including phenoxy) is 1. The van der Waals surface area contributed by atoms with Gasteiger partial charge in [0, 0.05) is 0 Å². The molecule has 0 radical (unpaired) electrons. The highest BCUT2D eigenvalue weighted by Crippen LogP contribution is 2.37. The van der Waals surface area contributed by atoms with Crippen molar-refractivity contribution in [2.24, 2.45) is 17.8 Å². The number of hydrogen-bond acceptors (Lipinski definition) is 1. The zero-order valence-corrected chi connectivity index (χ0v) is 22.7. The largest absolute Gasteiger partial charge is 0.494 e. The monoisotopic (exact) mass is 466 g/mol. The van der Waals surface area contributed by atoms with Gasteiger partial charge in [0.2, 0.25) is 0 Å². The number of hydrogen-bond donors (Lipinski definition) is 0. The number of benzene rings is 1. The van der Waals surface area contributed by atoms with Gasteiger partial charge in [-0.3, -0.25) is 0 Å². The fourth-order valence-electron chi connectivity index (χ4n) is 6.17. The molecule has 0 spiro atoms. The van der Waals surface area contributed by atoms with Crippen molar-refractivity contribution < 1.29 is 4.74 Å². The lowest BCUT2D eigenvalue weighted by Crippen LogP contribution is -2.16. The van der Waals surface area contributed by atoms with Gasteiger partial charge in [0.05, 0.1) is 6.61 Å². The lowest BCUT2D eigenvalue weighted by Gasteiger charge is -2.30. The second kappa shape index (κ2) is 16.4. The van der Waals surface area contributed by atoms with Gasteiger partial charge < -0.3 is 4.74 Å². The molecule has 1 heteroatoms. The van der Waals surface area contributed by atoms with Crippen molar-refractivity contribution in [3.63, 3.8) is 0 Å². The third-order valence-electron chi connectivity index (χ3n) is 8.70. The molecule has 1 unspecified atom stereocenters. The highest BCUT2D eigenvalue weighted by molar-refractivity contribution is 5.28. The quantitative estimate of drug-likeness (QED) is 0.174. The van der Waals surface area contributed by atoms with E-state index in [0.29, 0.717) is 0 Å². The summed E-state index contributed by atoms with van der Waals surface area (Å²) in [7, 11) is 0. The average molecular weight is 467 g/mol. The Labute approximate surface area is 212 Å². The second-order valence-electron chi connectivity index (χ2n) is 11.5. The van der Waals surface area contributed by atoms with Crippen LogP contribution in [0.15, 0.2) is 35.9 Å². The van der Waals surface area contributed by atoms with Crippen LogP contribution in [0.5, 0.6) is 5.75 Å². The van der Waals surface area contributed by atoms with Crippen LogP contribution in [0.1, 0.15) is 135 Å². The predicted octanol–water partition coefficient (Wildman–Crippen LogP) is 10.5. The van der Waals surface area contributed by atoms with Gasteiger partial charge in [-0.15, -0.1) is 0 Å². The minimum atomic E-state index is 0.855. The van der Waals surface area contributed by atoms with E-state index in [-0.39, 0.29) is 0 Å². The van der Waals surface area contributed by atoms with Crippen molar-refractivity contribution >= 4 is 0 Å². The van der Waals surface area contributed by atoms with Crippen LogP contribution in [0.3, 0.4) is 0 Å². The van der Waals surface area contributed by atoms with E-state index in [1.165, 1.54) is 128 Å². The molecule has 0 bridgehead atoms. The lowest BCUT2D eigenvalue weighted by molar-refractivity contribution is 0.234. The van der Waals surface area contributed by atoms with E-state index in [2.05, 4.69) is 44.2 Å². The normalized spacial score (nSPS) is 23.0. The fourth-order valence-corrected chi connectivity index (χ4v) is 6.17. The van der Waals surface area contributed by atoms with Crippen molar-refractivity contribution in [1.29, 1.82) is 0 Å². The zero-order valence-electron chi connectivity index (χ0n) is 22.7. The first-order valence-electron chi connectivity index (χ1n) is 15.2. The van der Waals surface area contributed by atoms with Crippen molar-refractivity contribution in [2.75, 3.05) is 6.61 Å². The second-order valence-corrected chi connectivity index (χ2v) is 11.5. The summed E-state index contributed by atoms with van der Waals surface area (Å²) in [5.74, 6) is 4.09. The maximum atomic E-state index is 5.89. The Hall–Kier alpha value is -1.24. The zero-order chi connectivity index (χ0) is 23.8. The highest BCUT2D eigenvalue weighted by Gasteiger charge is 2.22. The standard InChI is InChI=1S/C33H54O/c1-3-5-7-9-27-34-33-25-23-32(24-26-33)22-21-31-19-17-30(18-20-31)16-15-29-13-11-28(12-14-29)10-8-6-4-2/h19,23-26,28-30H,3-18,20-22,27H2,1-2H3. The van der Waals surface area contributed by atoms with E-state index in [4.69, 9.17) is 4.74 Å². The van der Waals surface area contributed by atoms with Crippen LogP contribution < -0.4 is 4.74 Å². The summed E-state index contributed by atoms with van der Waals surface area (Å²) in [6.07, 6.45) is 29.1. The Kier molecular flexibility index (Phi) is 13.2. The van der Waals surface area contributed by atoms with Crippen molar-refractivity contribution in [2.45, 2.75) is 136 Å². The maximum Gasteiger partial charge on any atom is 0.119 e. The van der Waals surface area contributed by atoms with Crippen LogP contribution in [0.25, 0.3) is 0 Å². The molecule has 0 aliphatic heterocycles. The SMILES string of the molecule is CCCCCCOc1ccc(CCC2=CCC(CCC3CCC(CCCCC)CC3)CC2)cc1. The molecule has 1 atom stereocenters. The Balaban J connectivity index is 1.25. The molecular weight excluding hydrogens is 412 g/mol. The fraction of sp³-hybridized carbons (Fsp3) is 0.758. The number of aryl methyl sites for hydroxylation is 1. The first kappa shape index (κ1) is 27.3. The molecule has 0 N–H and O–H groups in total. The molecule has 1 fully saturated rings. The Morgan fingerprint density at radius 1 is 0.676 bits per heavy atom. The summed E-state index contributed by atoms with van der Waals surface area (Å²) in [5.41, 5.74) is 3.16. The van der Waals surface area contributed by atoms with Crippen molar-refractivity contribution in [1.82, 2.24) is 0 Å². The summed E-state index contributed by atoms with van der Waals surface area (Å²) < 4.78 is 5.89. The molecule has 1 aromatic rings. The van der Waals surface area contributed by atoms with Gasteiger partial charge in [0.1, 0.15) is 5.75 Å². The molecule has 192 valence electrons. The van der Waals surface area contributed by atoms with E-state index in [1.54, 1.807) is 5.57 Å². The lowest BCUT2D eigenvalue weighted by atomic mass is 9.76. The van der Waals surface area contributed by atoms with Gasteiger partial charge in [-0.05, 0) is 80.4 Å². The summed E-state index contributed by atoms with van der Waals surface area (Å²) in [5, 5.41) is 0. The van der Waals surface area contributed by atoms with Crippen LogP contribution >= 0.6 is 0 Å². The third kappa shape index (κ3) is 10.6. The molecule has 0 aromatic heterocycles. The Bertz CT molecular complexity index is 664. The van der Waals surface area contributed by atoms with E-state index in [9.17, 15) is 0 Å². The summed E-state index contributed by atoms with van der Waals surface area (Å²) in [4.78, 5) is 0. The molecule has 2 aliphatic carbocycles. The number of allylic oxidation sites excluding steroid dienone is 2. The van der Waals surface area contributed by atoms with Crippen molar-refractivity contribution in [3.05, 3.63) is 41.5 Å². The molecule has 1 nitrogen and oxygen atoms in total. The van der Waals surface area contributed by atoms with E-state index in [1.807, 2.05) is 0 Å². The highest BCUT2D eigenvalue weighted by atomic mass is 16.5. The molecule has 1 aromatic carbocycles. The predicted molar refractivity (Wildman–Crippen MR) is 149 cm³/mol. The topological polar surface area (TPSA) is 9.23 Å². The Morgan fingerprint density at radius 2 is 1.35 bits per heavy atom. The summed E-state index contributed by atoms with van der Waals surface area (Å²) in [6, 6.07) is 8.87.